The molecule has 2 fully saturated rings. The van der Waals surface area contributed by atoms with Crippen LogP contribution in [0.2, 0.25) is 0 Å². The average molecular weight is 460 g/mol. The minimum absolute atomic E-state index is 0.0232. The van der Waals surface area contributed by atoms with E-state index in [1.54, 1.807) is 23.0 Å². The van der Waals surface area contributed by atoms with Crippen molar-refractivity contribution in [3.8, 4) is 10.4 Å². The van der Waals surface area contributed by atoms with E-state index in [4.69, 9.17) is 4.98 Å². The lowest BCUT2D eigenvalue weighted by molar-refractivity contribution is -0.119. The lowest BCUT2D eigenvalue weighted by Crippen LogP contribution is -2.41. The molecule has 30 heavy (non-hydrogen) atoms. The SMILES string of the molecule is CC(NC(=O)CSc1nc2scc(-c3cccs3)c2c(=O)n1C)C1CC2CCC1C2. The number of fused-ring (bicyclic) bond motifs is 3. The second-order valence-electron chi connectivity index (χ2n) is 8.55. The summed E-state index contributed by atoms with van der Waals surface area (Å²) in [5.41, 5.74) is 0.898. The van der Waals surface area contributed by atoms with Gasteiger partial charge in [-0.1, -0.05) is 24.2 Å². The Morgan fingerprint density at radius 3 is 2.93 bits per heavy atom. The number of carbonyl (C=O) groups is 1. The molecule has 2 aliphatic rings. The van der Waals surface area contributed by atoms with Crippen molar-refractivity contribution in [3.05, 3.63) is 33.2 Å². The molecule has 2 bridgehead atoms. The summed E-state index contributed by atoms with van der Waals surface area (Å²) in [6.45, 7) is 2.14. The lowest BCUT2D eigenvalue weighted by Gasteiger charge is -2.28. The van der Waals surface area contributed by atoms with Crippen LogP contribution in [0.25, 0.3) is 20.7 Å². The second-order valence-corrected chi connectivity index (χ2v) is 11.3. The number of thiophene rings is 2. The molecule has 0 aliphatic heterocycles. The molecule has 1 N–H and O–H groups in total. The van der Waals surface area contributed by atoms with Gasteiger partial charge in [0.1, 0.15) is 4.83 Å². The molecular weight excluding hydrogens is 434 g/mol. The zero-order valence-corrected chi connectivity index (χ0v) is 19.5. The molecule has 4 atom stereocenters. The Hall–Kier alpha value is -1.64. The fourth-order valence-corrected chi connectivity index (χ4v) is 7.82. The molecule has 2 aliphatic carbocycles. The van der Waals surface area contributed by atoms with Gasteiger partial charge < -0.3 is 5.32 Å². The van der Waals surface area contributed by atoms with Gasteiger partial charge in [-0.3, -0.25) is 14.2 Å². The van der Waals surface area contributed by atoms with E-state index in [0.29, 0.717) is 16.5 Å². The smallest absolute Gasteiger partial charge is 0.263 e. The first-order valence-electron chi connectivity index (χ1n) is 10.5. The Morgan fingerprint density at radius 2 is 2.23 bits per heavy atom. The fraction of sp³-hybridized carbons (Fsp3) is 0.500. The van der Waals surface area contributed by atoms with Crippen molar-refractivity contribution in [2.24, 2.45) is 24.8 Å². The number of thioether (sulfide) groups is 1. The molecule has 8 heteroatoms. The van der Waals surface area contributed by atoms with E-state index in [9.17, 15) is 9.59 Å². The van der Waals surface area contributed by atoms with Gasteiger partial charge in [0.25, 0.3) is 5.56 Å². The number of amides is 1. The zero-order valence-electron chi connectivity index (χ0n) is 17.1. The molecule has 3 aromatic heterocycles. The summed E-state index contributed by atoms with van der Waals surface area (Å²) in [5, 5.41) is 8.48. The molecule has 0 saturated heterocycles. The number of aromatic nitrogens is 2. The first-order chi connectivity index (χ1) is 14.5. The summed E-state index contributed by atoms with van der Waals surface area (Å²) in [6.07, 6.45) is 5.30. The molecule has 3 aromatic rings. The molecule has 1 amide bonds. The molecule has 0 radical (unpaired) electrons. The molecule has 3 heterocycles. The standard InChI is InChI=1S/C22H25N3O2S3/c1-12(15-9-13-5-6-14(15)8-13)23-18(26)11-30-22-24-20-19(21(27)25(22)2)16(10-29-20)17-4-3-7-28-17/h3-4,7,10,12-15H,5-6,8-9,11H2,1-2H3,(H,23,26). The predicted octanol–water partition coefficient (Wildman–Crippen LogP) is 4.76. The number of hydrogen-bond donors (Lipinski definition) is 1. The number of carbonyl (C=O) groups excluding carboxylic acids is 1. The summed E-state index contributed by atoms with van der Waals surface area (Å²) >= 11 is 4.45. The van der Waals surface area contributed by atoms with Crippen LogP contribution in [0.5, 0.6) is 0 Å². The van der Waals surface area contributed by atoms with Crippen LogP contribution in [0.3, 0.4) is 0 Å². The van der Waals surface area contributed by atoms with E-state index in [-0.39, 0.29) is 23.3 Å². The molecule has 5 nitrogen and oxygen atoms in total. The van der Waals surface area contributed by atoms with Gasteiger partial charge in [-0.15, -0.1) is 22.7 Å². The quantitative estimate of drug-likeness (QED) is 0.427. The fourth-order valence-electron chi connectivity index (χ4n) is 5.23. The van der Waals surface area contributed by atoms with Crippen molar-refractivity contribution >= 4 is 50.6 Å². The summed E-state index contributed by atoms with van der Waals surface area (Å²) < 4.78 is 1.57. The Kier molecular flexibility index (Phi) is 5.49. The van der Waals surface area contributed by atoms with Crippen molar-refractivity contribution in [1.82, 2.24) is 14.9 Å². The van der Waals surface area contributed by atoms with E-state index >= 15 is 0 Å². The number of hydrogen-bond acceptors (Lipinski definition) is 6. The van der Waals surface area contributed by atoms with Crippen molar-refractivity contribution < 1.29 is 4.79 Å². The molecule has 5 rings (SSSR count). The van der Waals surface area contributed by atoms with Crippen molar-refractivity contribution in [3.63, 3.8) is 0 Å². The zero-order chi connectivity index (χ0) is 20.8. The Labute approximate surface area is 187 Å². The van der Waals surface area contributed by atoms with Crippen molar-refractivity contribution in [2.75, 3.05) is 5.75 Å². The highest BCUT2D eigenvalue weighted by atomic mass is 32.2. The van der Waals surface area contributed by atoms with Crippen molar-refractivity contribution in [1.29, 1.82) is 0 Å². The first kappa shape index (κ1) is 20.3. The molecular formula is C22H25N3O2S3. The maximum atomic E-state index is 13.0. The highest BCUT2D eigenvalue weighted by Crippen LogP contribution is 2.49. The average Bonchev–Trinajstić information content (AvgIpc) is 3.52. The van der Waals surface area contributed by atoms with Crippen LogP contribution in [0, 0.1) is 17.8 Å². The van der Waals surface area contributed by atoms with Crippen LogP contribution in [-0.2, 0) is 11.8 Å². The maximum absolute atomic E-state index is 13.0. The molecule has 2 saturated carbocycles. The van der Waals surface area contributed by atoms with Gasteiger partial charge in [0, 0.05) is 28.9 Å². The van der Waals surface area contributed by atoms with Gasteiger partial charge >= 0.3 is 0 Å². The summed E-state index contributed by atoms with van der Waals surface area (Å²) in [6, 6.07) is 4.23. The third-order valence-electron chi connectivity index (χ3n) is 6.72. The molecule has 0 spiro atoms. The Bertz CT molecular complexity index is 1130. The van der Waals surface area contributed by atoms with Crippen LogP contribution in [-0.4, -0.2) is 27.3 Å². The number of nitrogens with one attached hydrogen (secondary N) is 1. The van der Waals surface area contributed by atoms with Crippen LogP contribution in [0.1, 0.15) is 32.6 Å². The van der Waals surface area contributed by atoms with E-state index in [2.05, 4.69) is 12.2 Å². The van der Waals surface area contributed by atoms with Crippen LogP contribution >= 0.6 is 34.4 Å². The topological polar surface area (TPSA) is 64.0 Å². The molecule has 4 unspecified atom stereocenters. The van der Waals surface area contributed by atoms with Gasteiger partial charge in [0.2, 0.25) is 5.91 Å². The normalized spacial score (nSPS) is 23.9. The van der Waals surface area contributed by atoms with Gasteiger partial charge in [0.15, 0.2) is 5.16 Å². The minimum Gasteiger partial charge on any atom is -0.353 e. The Morgan fingerprint density at radius 1 is 1.37 bits per heavy atom. The van der Waals surface area contributed by atoms with Gasteiger partial charge in [-0.25, -0.2) is 4.98 Å². The molecule has 0 aromatic carbocycles. The predicted molar refractivity (Wildman–Crippen MR) is 125 cm³/mol. The highest BCUT2D eigenvalue weighted by molar-refractivity contribution is 7.99. The van der Waals surface area contributed by atoms with E-state index in [1.807, 2.05) is 22.9 Å². The molecule has 158 valence electrons. The summed E-state index contributed by atoms with van der Waals surface area (Å²) in [4.78, 5) is 32.1. The largest absolute Gasteiger partial charge is 0.353 e. The van der Waals surface area contributed by atoms with E-state index in [1.165, 1.54) is 48.8 Å². The maximum Gasteiger partial charge on any atom is 0.263 e. The first-order valence-corrected chi connectivity index (χ1v) is 13.2. The van der Waals surface area contributed by atoms with Crippen molar-refractivity contribution in [2.45, 2.75) is 43.8 Å². The van der Waals surface area contributed by atoms with E-state index < -0.39 is 0 Å². The third-order valence-corrected chi connectivity index (χ3v) is 9.52. The summed E-state index contributed by atoms with van der Waals surface area (Å²) in [5.74, 6) is 2.59. The van der Waals surface area contributed by atoms with Crippen LogP contribution in [0.15, 0.2) is 32.8 Å². The Balaban J connectivity index is 1.28. The van der Waals surface area contributed by atoms with Gasteiger partial charge in [0.05, 0.1) is 11.1 Å². The number of nitrogens with zero attached hydrogens (tertiary/aromatic N) is 2. The highest BCUT2D eigenvalue weighted by Gasteiger charge is 2.42. The second kappa shape index (κ2) is 8.13. The van der Waals surface area contributed by atoms with Crippen LogP contribution < -0.4 is 10.9 Å². The van der Waals surface area contributed by atoms with Crippen LogP contribution in [0.4, 0.5) is 0 Å². The monoisotopic (exact) mass is 459 g/mol. The van der Waals surface area contributed by atoms with E-state index in [0.717, 1.165) is 27.1 Å². The number of rotatable bonds is 6. The summed E-state index contributed by atoms with van der Waals surface area (Å²) in [7, 11) is 1.74. The van der Waals surface area contributed by atoms with Gasteiger partial charge in [-0.2, -0.15) is 0 Å². The minimum atomic E-state index is -0.0529. The van der Waals surface area contributed by atoms with Gasteiger partial charge in [-0.05, 0) is 55.4 Å². The third kappa shape index (κ3) is 3.63. The lowest BCUT2D eigenvalue weighted by atomic mass is 9.84.